The van der Waals surface area contributed by atoms with E-state index in [0.29, 0.717) is 5.75 Å². The number of nitrogens with one attached hydrogen (secondary N) is 1. The summed E-state index contributed by atoms with van der Waals surface area (Å²) in [6, 6.07) is 10.1. The summed E-state index contributed by atoms with van der Waals surface area (Å²) in [5.74, 6) is 0.133. The third-order valence-electron chi connectivity index (χ3n) is 3.19. The lowest BCUT2D eigenvalue weighted by Gasteiger charge is -2.12. The lowest BCUT2D eigenvalue weighted by atomic mass is 10.2. The Morgan fingerprint density at radius 1 is 1.17 bits per heavy atom. The number of hydrogen-bond acceptors (Lipinski definition) is 2. The van der Waals surface area contributed by atoms with Crippen LogP contribution in [0.2, 0.25) is 5.02 Å². The molecule has 0 aliphatic heterocycles. The molecule has 0 bridgehead atoms. The number of rotatable bonds is 5. The van der Waals surface area contributed by atoms with Crippen molar-refractivity contribution in [3.05, 3.63) is 58.6 Å². The number of carbonyl (C=O) groups excluding carboxylic acids is 1. The molecular formula is C17H15ClF3NO2. The van der Waals surface area contributed by atoms with Gasteiger partial charge < -0.3 is 10.1 Å². The fourth-order valence-corrected chi connectivity index (χ4v) is 2.07. The highest BCUT2D eigenvalue weighted by Crippen LogP contribution is 2.33. The zero-order valence-corrected chi connectivity index (χ0v) is 13.5. The van der Waals surface area contributed by atoms with E-state index in [1.165, 1.54) is 0 Å². The Morgan fingerprint density at radius 2 is 1.83 bits per heavy atom. The molecule has 3 nitrogen and oxygen atoms in total. The zero-order valence-electron chi connectivity index (χ0n) is 12.8. The van der Waals surface area contributed by atoms with Crippen molar-refractivity contribution >= 4 is 23.2 Å². The van der Waals surface area contributed by atoms with Gasteiger partial charge in [0.15, 0.2) is 0 Å². The Bertz CT molecular complexity index is 715. The van der Waals surface area contributed by atoms with Crippen LogP contribution in [-0.2, 0) is 11.0 Å². The smallest absolute Gasteiger partial charge is 0.416 e. The van der Waals surface area contributed by atoms with Gasteiger partial charge in [-0.05, 0) is 37.3 Å². The summed E-state index contributed by atoms with van der Waals surface area (Å²) in [6.07, 6.45) is -4.51. The molecule has 0 atom stereocenters. The number of halogens is 4. The molecule has 2 rings (SSSR count). The Kier molecular flexibility index (Phi) is 5.72. The first-order valence-electron chi connectivity index (χ1n) is 7.12. The fraction of sp³-hybridized carbons (Fsp3) is 0.235. The van der Waals surface area contributed by atoms with Gasteiger partial charge in [0, 0.05) is 0 Å². The van der Waals surface area contributed by atoms with Crippen LogP contribution in [0.25, 0.3) is 0 Å². The second-order valence-electron chi connectivity index (χ2n) is 5.15. The van der Waals surface area contributed by atoms with Crippen LogP contribution in [0.15, 0.2) is 42.5 Å². The van der Waals surface area contributed by atoms with E-state index in [1.54, 1.807) is 12.1 Å². The van der Waals surface area contributed by atoms with E-state index in [4.69, 9.17) is 16.3 Å². The summed E-state index contributed by atoms with van der Waals surface area (Å²) in [6.45, 7) is 2.04. The van der Waals surface area contributed by atoms with Crippen molar-refractivity contribution in [1.29, 1.82) is 0 Å². The molecule has 0 aliphatic carbocycles. The van der Waals surface area contributed by atoms with Gasteiger partial charge in [-0.25, -0.2) is 0 Å². The summed E-state index contributed by atoms with van der Waals surface area (Å²) in [5.41, 5.74) is 0.129. The third kappa shape index (κ3) is 5.16. The largest absolute Gasteiger partial charge is 0.493 e. The number of aryl methyl sites for hydroxylation is 1. The SMILES string of the molecule is Cc1ccc(OCCC(=O)Nc2cc(C(F)(F)F)ccc2Cl)cc1. The molecule has 24 heavy (non-hydrogen) atoms. The van der Waals surface area contributed by atoms with E-state index < -0.39 is 17.6 Å². The predicted molar refractivity (Wildman–Crippen MR) is 86.4 cm³/mol. The molecule has 0 aromatic heterocycles. The molecule has 1 amide bonds. The first kappa shape index (κ1) is 18.1. The zero-order chi connectivity index (χ0) is 17.7. The van der Waals surface area contributed by atoms with Crippen LogP contribution >= 0.6 is 11.6 Å². The van der Waals surface area contributed by atoms with E-state index in [0.717, 1.165) is 23.8 Å². The monoisotopic (exact) mass is 357 g/mol. The average Bonchev–Trinajstić information content (AvgIpc) is 2.50. The van der Waals surface area contributed by atoms with Crippen molar-refractivity contribution in [2.24, 2.45) is 0 Å². The first-order chi connectivity index (χ1) is 11.3. The van der Waals surface area contributed by atoms with Gasteiger partial charge in [0.1, 0.15) is 5.75 Å². The third-order valence-corrected chi connectivity index (χ3v) is 3.52. The van der Waals surface area contributed by atoms with Crippen LogP contribution in [0, 0.1) is 6.92 Å². The van der Waals surface area contributed by atoms with E-state index >= 15 is 0 Å². The average molecular weight is 358 g/mol. The molecule has 7 heteroatoms. The number of benzene rings is 2. The number of ether oxygens (including phenoxy) is 1. The highest BCUT2D eigenvalue weighted by atomic mass is 35.5. The first-order valence-corrected chi connectivity index (χ1v) is 7.49. The van der Waals surface area contributed by atoms with Crippen LogP contribution in [0.1, 0.15) is 17.5 Å². The number of anilines is 1. The minimum Gasteiger partial charge on any atom is -0.493 e. The molecule has 0 radical (unpaired) electrons. The Hall–Kier alpha value is -2.21. The number of alkyl halides is 3. The number of carbonyl (C=O) groups is 1. The van der Waals surface area contributed by atoms with Gasteiger partial charge in [0.2, 0.25) is 5.91 Å². The Morgan fingerprint density at radius 3 is 2.46 bits per heavy atom. The van der Waals surface area contributed by atoms with Gasteiger partial charge in [0.25, 0.3) is 0 Å². The van der Waals surface area contributed by atoms with Crippen molar-refractivity contribution < 1.29 is 22.7 Å². The van der Waals surface area contributed by atoms with Gasteiger partial charge in [-0.3, -0.25) is 4.79 Å². The lowest BCUT2D eigenvalue weighted by Crippen LogP contribution is -2.16. The van der Waals surface area contributed by atoms with Gasteiger partial charge in [-0.2, -0.15) is 13.2 Å². The normalized spacial score (nSPS) is 11.2. The molecule has 0 saturated heterocycles. The minimum atomic E-state index is -4.50. The minimum absolute atomic E-state index is 0.0134. The summed E-state index contributed by atoms with van der Waals surface area (Å²) in [4.78, 5) is 11.8. The van der Waals surface area contributed by atoms with E-state index in [2.05, 4.69) is 5.32 Å². The van der Waals surface area contributed by atoms with Gasteiger partial charge in [0.05, 0.1) is 29.3 Å². The highest BCUT2D eigenvalue weighted by Gasteiger charge is 2.31. The molecule has 1 N–H and O–H groups in total. The summed E-state index contributed by atoms with van der Waals surface area (Å²) >= 11 is 5.82. The van der Waals surface area contributed by atoms with Crippen LogP contribution in [0.4, 0.5) is 18.9 Å². The second-order valence-corrected chi connectivity index (χ2v) is 5.56. The van der Waals surface area contributed by atoms with Crippen molar-refractivity contribution in [1.82, 2.24) is 0 Å². The maximum absolute atomic E-state index is 12.7. The van der Waals surface area contributed by atoms with E-state index in [9.17, 15) is 18.0 Å². The quantitative estimate of drug-likeness (QED) is 0.810. The van der Waals surface area contributed by atoms with Crippen molar-refractivity contribution in [3.63, 3.8) is 0 Å². The Labute approximate surface area is 142 Å². The fourth-order valence-electron chi connectivity index (χ4n) is 1.91. The number of hydrogen-bond donors (Lipinski definition) is 1. The maximum Gasteiger partial charge on any atom is 0.416 e. The molecule has 0 heterocycles. The molecule has 0 unspecified atom stereocenters. The van der Waals surface area contributed by atoms with E-state index in [-0.39, 0.29) is 23.7 Å². The van der Waals surface area contributed by atoms with Crippen LogP contribution in [-0.4, -0.2) is 12.5 Å². The molecule has 2 aromatic carbocycles. The second kappa shape index (κ2) is 7.57. The number of amides is 1. The predicted octanol–water partition coefficient (Wildman–Crippen LogP) is 5.07. The molecule has 0 fully saturated rings. The lowest BCUT2D eigenvalue weighted by molar-refractivity contribution is -0.137. The van der Waals surface area contributed by atoms with Gasteiger partial charge in [-0.15, -0.1) is 0 Å². The molecular weight excluding hydrogens is 343 g/mol. The van der Waals surface area contributed by atoms with Crippen molar-refractivity contribution in [3.8, 4) is 5.75 Å². The molecule has 0 aliphatic rings. The van der Waals surface area contributed by atoms with Crippen molar-refractivity contribution in [2.75, 3.05) is 11.9 Å². The van der Waals surface area contributed by atoms with E-state index in [1.807, 2.05) is 19.1 Å². The van der Waals surface area contributed by atoms with Gasteiger partial charge in [-0.1, -0.05) is 29.3 Å². The molecule has 0 saturated carbocycles. The van der Waals surface area contributed by atoms with Crippen LogP contribution in [0.5, 0.6) is 5.75 Å². The standard InChI is InChI=1S/C17H15ClF3NO2/c1-11-2-5-13(6-3-11)24-9-8-16(23)22-15-10-12(17(19,20)21)4-7-14(15)18/h2-7,10H,8-9H2,1H3,(H,22,23). The van der Waals surface area contributed by atoms with Gasteiger partial charge >= 0.3 is 6.18 Å². The summed E-state index contributed by atoms with van der Waals surface area (Å²) in [7, 11) is 0. The summed E-state index contributed by atoms with van der Waals surface area (Å²) in [5, 5.41) is 2.40. The summed E-state index contributed by atoms with van der Waals surface area (Å²) < 4.78 is 43.4. The molecule has 0 spiro atoms. The van der Waals surface area contributed by atoms with Crippen molar-refractivity contribution in [2.45, 2.75) is 19.5 Å². The maximum atomic E-state index is 12.7. The molecule has 2 aromatic rings. The topological polar surface area (TPSA) is 38.3 Å². The van der Waals surface area contributed by atoms with Crippen LogP contribution < -0.4 is 10.1 Å². The molecule has 128 valence electrons. The highest BCUT2D eigenvalue weighted by molar-refractivity contribution is 6.33. The Balaban J connectivity index is 1.91. The van der Waals surface area contributed by atoms with Crippen LogP contribution in [0.3, 0.4) is 0 Å².